The minimum Gasteiger partial charge on any atom is -0.494 e. The zero-order valence-electron chi connectivity index (χ0n) is 11.4. The fraction of sp³-hybridized carbons (Fsp3) is 0.400. The van der Waals surface area contributed by atoms with Crippen LogP contribution in [0.15, 0.2) is 36.5 Å². The number of nitrogens with zero attached hydrogens (tertiary/aromatic N) is 2. The SMILES string of the molecule is CCc1c(CN)cnn1CCCOc1ccccc1. The highest BCUT2D eigenvalue weighted by atomic mass is 16.5. The molecule has 19 heavy (non-hydrogen) atoms. The Hall–Kier alpha value is -1.81. The van der Waals surface area contributed by atoms with Crippen LogP contribution in [-0.2, 0) is 19.5 Å². The maximum atomic E-state index is 5.69. The minimum absolute atomic E-state index is 0.559. The van der Waals surface area contributed by atoms with Crippen LogP contribution < -0.4 is 10.5 Å². The van der Waals surface area contributed by atoms with Gasteiger partial charge >= 0.3 is 0 Å². The number of aryl methyl sites for hydroxylation is 1. The Morgan fingerprint density at radius 1 is 1.26 bits per heavy atom. The van der Waals surface area contributed by atoms with E-state index < -0.39 is 0 Å². The largest absolute Gasteiger partial charge is 0.494 e. The van der Waals surface area contributed by atoms with Gasteiger partial charge in [0, 0.05) is 30.8 Å². The number of para-hydroxylation sites is 1. The predicted molar refractivity (Wildman–Crippen MR) is 76.1 cm³/mol. The molecule has 0 saturated heterocycles. The molecule has 2 aromatic rings. The summed E-state index contributed by atoms with van der Waals surface area (Å²) in [4.78, 5) is 0. The molecule has 0 aliphatic rings. The second-order valence-corrected chi connectivity index (χ2v) is 4.41. The molecule has 0 unspecified atom stereocenters. The number of nitrogens with two attached hydrogens (primary N) is 1. The first-order valence-corrected chi connectivity index (χ1v) is 6.76. The molecule has 0 bridgehead atoms. The van der Waals surface area contributed by atoms with E-state index in [9.17, 15) is 0 Å². The van der Waals surface area contributed by atoms with Crippen LogP contribution in [0.2, 0.25) is 0 Å². The first-order valence-electron chi connectivity index (χ1n) is 6.76. The van der Waals surface area contributed by atoms with Gasteiger partial charge in [0.2, 0.25) is 0 Å². The Balaban J connectivity index is 1.81. The standard InChI is InChI=1S/C15H21N3O/c1-2-15-13(11-16)12-17-18(15)9-6-10-19-14-7-4-3-5-8-14/h3-5,7-8,12H,2,6,9-11,16H2,1H3. The summed E-state index contributed by atoms with van der Waals surface area (Å²) in [5.74, 6) is 0.918. The van der Waals surface area contributed by atoms with Crippen LogP contribution in [-0.4, -0.2) is 16.4 Å². The number of hydrogen-bond donors (Lipinski definition) is 1. The molecule has 1 aromatic carbocycles. The van der Waals surface area contributed by atoms with Crippen molar-refractivity contribution in [3.05, 3.63) is 47.8 Å². The highest BCUT2D eigenvalue weighted by Crippen LogP contribution is 2.11. The van der Waals surface area contributed by atoms with Gasteiger partial charge in [0.25, 0.3) is 0 Å². The van der Waals surface area contributed by atoms with E-state index in [1.54, 1.807) is 0 Å². The van der Waals surface area contributed by atoms with Gasteiger partial charge in [-0.25, -0.2) is 0 Å². The van der Waals surface area contributed by atoms with Crippen molar-refractivity contribution >= 4 is 0 Å². The van der Waals surface area contributed by atoms with Gasteiger partial charge in [-0.15, -0.1) is 0 Å². The second kappa shape index (κ2) is 6.95. The molecule has 0 spiro atoms. The van der Waals surface area contributed by atoms with Crippen LogP contribution in [0.5, 0.6) is 5.75 Å². The molecule has 0 saturated carbocycles. The molecule has 0 radical (unpaired) electrons. The van der Waals surface area contributed by atoms with Gasteiger partial charge in [0.05, 0.1) is 12.8 Å². The molecule has 1 heterocycles. The Bertz CT molecular complexity index is 493. The van der Waals surface area contributed by atoms with E-state index in [2.05, 4.69) is 12.0 Å². The van der Waals surface area contributed by atoms with Gasteiger partial charge in [-0.1, -0.05) is 25.1 Å². The molecule has 4 heteroatoms. The highest BCUT2D eigenvalue weighted by molar-refractivity contribution is 5.20. The minimum atomic E-state index is 0.559. The number of hydrogen-bond acceptors (Lipinski definition) is 3. The third-order valence-electron chi connectivity index (χ3n) is 3.12. The summed E-state index contributed by atoms with van der Waals surface area (Å²) in [5, 5.41) is 4.38. The van der Waals surface area contributed by atoms with Crippen molar-refractivity contribution in [1.29, 1.82) is 0 Å². The number of rotatable bonds is 7. The summed E-state index contributed by atoms with van der Waals surface area (Å²) >= 11 is 0. The van der Waals surface area contributed by atoms with E-state index in [1.165, 1.54) is 5.69 Å². The van der Waals surface area contributed by atoms with Crippen molar-refractivity contribution in [2.24, 2.45) is 5.73 Å². The molecule has 0 amide bonds. The van der Waals surface area contributed by atoms with Gasteiger partial charge in [0.15, 0.2) is 0 Å². The third kappa shape index (κ3) is 3.58. The van der Waals surface area contributed by atoms with E-state index in [-0.39, 0.29) is 0 Å². The van der Waals surface area contributed by atoms with Gasteiger partial charge in [-0.2, -0.15) is 5.10 Å². The first kappa shape index (κ1) is 13.6. The fourth-order valence-corrected chi connectivity index (χ4v) is 2.14. The van der Waals surface area contributed by atoms with Crippen LogP contribution in [0.1, 0.15) is 24.6 Å². The number of aromatic nitrogens is 2. The Morgan fingerprint density at radius 3 is 2.74 bits per heavy atom. The summed E-state index contributed by atoms with van der Waals surface area (Å²) in [6, 6.07) is 9.88. The Morgan fingerprint density at radius 2 is 2.05 bits per heavy atom. The number of ether oxygens (including phenoxy) is 1. The predicted octanol–water partition coefficient (Wildman–Crippen LogP) is 2.37. The van der Waals surface area contributed by atoms with E-state index >= 15 is 0 Å². The Kier molecular flexibility index (Phi) is 4.98. The van der Waals surface area contributed by atoms with Crippen molar-refractivity contribution in [2.45, 2.75) is 32.9 Å². The zero-order chi connectivity index (χ0) is 13.5. The lowest BCUT2D eigenvalue weighted by molar-refractivity contribution is 0.297. The molecular formula is C15H21N3O. The van der Waals surface area contributed by atoms with Crippen LogP contribution >= 0.6 is 0 Å². The average Bonchev–Trinajstić information content (AvgIpc) is 2.86. The smallest absolute Gasteiger partial charge is 0.119 e. The van der Waals surface area contributed by atoms with E-state index in [0.717, 1.165) is 30.7 Å². The lowest BCUT2D eigenvalue weighted by Gasteiger charge is -2.08. The molecule has 0 aliphatic carbocycles. The maximum absolute atomic E-state index is 5.69. The fourth-order valence-electron chi connectivity index (χ4n) is 2.14. The van der Waals surface area contributed by atoms with E-state index in [0.29, 0.717) is 13.2 Å². The zero-order valence-corrected chi connectivity index (χ0v) is 11.4. The summed E-state index contributed by atoms with van der Waals surface area (Å²) in [7, 11) is 0. The van der Waals surface area contributed by atoms with Crippen molar-refractivity contribution in [1.82, 2.24) is 9.78 Å². The monoisotopic (exact) mass is 259 g/mol. The van der Waals surface area contributed by atoms with Crippen molar-refractivity contribution in [3.8, 4) is 5.75 Å². The van der Waals surface area contributed by atoms with Crippen molar-refractivity contribution in [3.63, 3.8) is 0 Å². The molecular weight excluding hydrogens is 238 g/mol. The van der Waals surface area contributed by atoms with Crippen LogP contribution in [0, 0.1) is 0 Å². The first-order chi connectivity index (χ1) is 9.35. The third-order valence-corrected chi connectivity index (χ3v) is 3.12. The molecule has 0 fully saturated rings. The highest BCUT2D eigenvalue weighted by Gasteiger charge is 2.07. The van der Waals surface area contributed by atoms with Crippen LogP contribution in [0.3, 0.4) is 0 Å². The lowest BCUT2D eigenvalue weighted by Crippen LogP contribution is -2.10. The summed E-state index contributed by atoms with van der Waals surface area (Å²) in [6.45, 7) is 4.26. The maximum Gasteiger partial charge on any atom is 0.119 e. The second-order valence-electron chi connectivity index (χ2n) is 4.41. The topological polar surface area (TPSA) is 53.1 Å². The summed E-state index contributed by atoms with van der Waals surface area (Å²) < 4.78 is 7.71. The molecule has 2 N–H and O–H groups in total. The molecule has 0 atom stereocenters. The number of benzene rings is 1. The normalized spacial score (nSPS) is 10.6. The van der Waals surface area contributed by atoms with E-state index in [1.807, 2.05) is 41.2 Å². The summed E-state index contributed by atoms with van der Waals surface area (Å²) in [6.07, 6.45) is 3.77. The van der Waals surface area contributed by atoms with E-state index in [4.69, 9.17) is 10.5 Å². The van der Waals surface area contributed by atoms with Crippen LogP contribution in [0.4, 0.5) is 0 Å². The molecule has 102 valence electrons. The average molecular weight is 259 g/mol. The molecule has 4 nitrogen and oxygen atoms in total. The van der Waals surface area contributed by atoms with Gasteiger partial charge in [0.1, 0.15) is 5.75 Å². The molecule has 1 aromatic heterocycles. The van der Waals surface area contributed by atoms with Gasteiger partial charge in [-0.3, -0.25) is 4.68 Å². The van der Waals surface area contributed by atoms with Crippen LogP contribution in [0.25, 0.3) is 0 Å². The molecule has 0 aliphatic heterocycles. The molecule has 2 rings (SSSR count). The van der Waals surface area contributed by atoms with Crippen molar-refractivity contribution < 1.29 is 4.74 Å². The quantitative estimate of drug-likeness (QED) is 0.777. The lowest BCUT2D eigenvalue weighted by atomic mass is 10.2. The van der Waals surface area contributed by atoms with Crippen molar-refractivity contribution in [2.75, 3.05) is 6.61 Å². The Labute approximate surface area is 114 Å². The van der Waals surface area contributed by atoms with Gasteiger partial charge in [-0.05, 0) is 18.6 Å². The summed E-state index contributed by atoms with van der Waals surface area (Å²) in [5.41, 5.74) is 8.08. The van der Waals surface area contributed by atoms with Gasteiger partial charge < -0.3 is 10.5 Å².